The van der Waals surface area contributed by atoms with Gasteiger partial charge in [0.25, 0.3) is 0 Å². The molecule has 11 nitrogen and oxygen atoms in total. The Labute approximate surface area is 248 Å². The van der Waals surface area contributed by atoms with Crippen molar-refractivity contribution in [3.8, 4) is 0 Å². The molecule has 0 bridgehead atoms. The molecule has 12 heteroatoms. The maximum Gasteiger partial charge on any atom is 0.500 e. The van der Waals surface area contributed by atoms with Crippen molar-refractivity contribution in [1.29, 1.82) is 0 Å². The number of carbonyl (C=O) groups is 2. The molecule has 4 atom stereocenters. The molecule has 0 aromatic carbocycles. The summed E-state index contributed by atoms with van der Waals surface area (Å²) in [5.41, 5.74) is 0. The van der Waals surface area contributed by atoms with Crippen LogP contribution in [-0.4, -0.2) is 115 Å². The minimum atomic E-state index is -2.72. The van der Waals surface area contributed by atoms with Gasteiger partial charge in [-0.2, -0.15) is 0 Å². The van der Waals surface area contributed by atoms with Crippen LogP contribution >= 0.6 is 0 Å². The third-order valence-electron chi connectivity index (χ3n) is 7.91. The first-order valence-electron chi connectivity index (χ1n) is 16.1. The minimum absolute atomic E-state index is 0.0213. The lowest BCUT2D eigenvalue weighted by Gasteiger charge is -2.35. The van der Waals surface area contributed by atoms with Gasteiger partial charge in [-0.15, -0.1) is 0 Å². The Bertz CT molecular complexity index is 754. The monoisotopic (exact) mass is 600 g/mol. The highest BCUT2D eigenvalue weighted by Crippen LogP contribution is 2.31. The molecule has 4 amide bonds. The highest BCUT2D eigenvalue weighted by Gasteiger charge is 2.40. The Morgan fingerprint density at radius 3 is 1.63 bits per heavy atom. The number of ether oxygens (including phenoxy) is 2. The Hall–Kier alpha value is -1.44. The molecule has 3 fully saturated rings. The van der Waals surface area contributed by atoms with Crippen LogP contribution in [0.2, 0.25) is 6.04 Å². The lowest BCUT2D eigenvalue weighted by atomic mass is 9.81. The van der Waals surface area contributed by atoms with Crippen LogP contribution in [-0.2, 0) is 22.8 Å². The van der Waals surface area contributed by atoms with Crippen molar-refractivity contribution >= 4 is 20.9 Å². The summed E-state index contributed by atoms with van der Waals surface area (Å²) in [5, 5.41) is 6.21. The predicted molar refractivity (Wildman–Crippen MR) is 160 cm³/mol. The first kappa shape index (κ1) is 34.1. The van der Waals surface area contributed by atoms with E-state index in [0.717, 1.165) is 58.1 Å². The van der Waals surface area contributed by atoms with E-state index in [4.69, 9.17) is 22.8 Å². The van der Waals surface area contributed by atoms with Gasteiger partial charge < -0.3 is 43.2 Å². The lowest BCUT2D eigenvalue weighted by molar-refractivity contribution is 0.0707. The molecule has 238 valence electrons. The van der Waals surface area contributed by atoms with Gasteiger partial charge in [-0.25, -0.2) is 9.59 Å². The van der Waals surface area contributed by atoms with Crippen molar-refractivity contribution in [2.75, 3.05) is 72.3 Å². The molecule has 3 rings (SSSR count). The third kappa shape index (κ3) is 12.8. The standard InChI is InChI=1S/C29H56N4O7Si/c1-5-9-14-30-28(34)32(20-26-22-36-26)18-24-12-10-13-25(17-24)19-33(21-27-23-37-27)29(35)31-15-11-16-41(38-6-2,39-7-3)40-8-4/h24-27H,5-23H2,1-4H3,(H,30,34)(H,31,35). The maximum atomic E-state index is 13.3. The van der Waals surface area contributed by atoms with E-state index in [9.17, 15) is 9.59 Å². The van der Waals surface area contributed by atoms with E-state index < -0.39 is 8.80 Å². The van der Waals surface area contributed by atoms with Crippen molar-refractivity contribution < 1.29 is 32.3 Å². The summed E-state index contributed by atoms with van der Waals surface area (Å²) in [6.45, 7) is 15.1. The summed E-state index contributed by atoms with van der Waals surface area (Å²) in [5.74, 6) is 0.842. The molecule has 4 unspecified atom stereocenters. The fourth-order valence-electron chi connectivity index (χ4n) is 5.77. The Kier molecular flexibility index (Phi) is 15.2. The Morgan fingerprint density at radius 1 is 0.756 bits per heavy atom. The smallest absolute Gasteiger partial charge is 0.374 e. The average Bonchev–Trinajstić information content (AvgIpc) is 3.88. The Morgan fingerprint density at radius 2 is 1.22 bits per heavy atom. The molecular formula is C29H56N4O7Si. The third-order valence-corrected chi connectivity index (χ3v) is 11.1. The largest absolute Gasteiger partial charge is 0.500 e. The van der Waals surface area contributed by atoms with Gasteiger partial charge in [0.2, 0.25) is 0 Å². The second-order valence-electron chi connectivity index (χ2n) is 11.5. The normalized spacial score (nSPS) is 23.6. The summed E-state index contributed by atoms with van der Waals surface area (Å²) in [6, 6.07) is 0.655. The zero-order chi connectivity index (χ0) is 29.5. The van der Waals surface area contributed by atoms with Crippen LogP contribution in [0, 0.1) is 11.8 Å². The van der Waals surface area contributed by atoms with Crippen molar-refractivity contribution in [2.45, 2.75) is 90.9 Å². The zero-order valence-electron chi connectivity index (χ0n) is 26.0. The van der Waals surface area contributed by atoms with Gasteiger partial charge in [0.1, 0.15) is 0 Å². The molecule has 41 heavy (non-hydrogen) atoms. The molecule has 0 aromatic rings. The van der Waals surface area contributed by atoms with Gasteiger partial charge in [-0.1, -0.05) is 19.8 Å². The molecule has 0 radical (unpaired) electrons. The number of amides is 4. The van der Waals surface area contributed by atoms with E-state index in [2.05, 4.69) is 17.6 Å². The van der Waals surface area contributed by atoms with Crippen LogP contribution in [0.1, 0.15) is 72.6 Å². The fraction of sp³-hybridized carbons (Fsp3) is 0.931. The van der Waals surface area contributed by atoms with Crippen molar-refractivity contribution in [1.82, 2.24) is 20.4 Å². The Balaban J connectivity index is 1.49. The predicted octanol–water partition coefficient (Wildman–Crippen LogP) is 3.85. The summed E-state index contributed by atoms with van der Waals surface area (Å²) >= 11 is 0. The number of unbranched alkanes of at least 4 members (excludes halogenated alkanes) is 1. The zero-order valence-corrected chi connectivity index (χ0v) is 27.0. The molecule has 2 aliphatic heterocycles. The molecule has 0 spiro atoms. The van der Waals surface area contributed by atoms with Gasteiger partial charge in [0.15, 0.2) is 0 Å². The highest BCUT2D eigenvalue weighted by atomic mass is 28.4. The van der Waals surface area contributed by atoms with Gasteiger partial charge in [-0.05, 0) is 64.7 Å². The molecule has 2 saturated heterocycles. The van der Waals surface area contributed by atoms with E-state index >= 15 is 0 Å². The number of nitrogens with zero attached hydrogens (tertiary/aromatic N) is 2. The number of hydrogen-bond donors (Lipinski definition) is 2. The van der Waals surface area contributed by atoms with Gasteiger partial charge >= 0.3 is 20.9 Å². The van der Waals surface area contributed by atoms with Gasteiger partial charge in [-0.3, -0.25) is 0 Å². The molecule has 3 aliphatic rings. The van der Waals surface area contributed by atoms with E-state index in [0.29, 0.717) is 77.0 Å². The van der Waals surface area contributed by atoms with Crippen LogP contribution in [0.4, 0.5) is 9.59 Å². The van der Waals surface area contributed by atoms with Gasteiger partial charge in [0.05, 0.1) is 38.5 Å². The van der Waals surface area contributed by atoms with E-state index in [1.165, 1.54) is 0 Å². The molecule has 1 saturated carbocycles. The average molecular weight is 601 g/mol. The van der Waals surface area contributed by atoms with Gasteiger partial charge in [0, 0.05) is 52.0 Å². The summed E-state index contributed by atoms with van der Waals surface area (Å²) in [7, 11) is -2.72. The number of rotatable bonds is 21. The van der Waals surface area contributed by atoms with Crippen molar-refractivity contribution in [2.24, 2.45) is 11.8 Å². The number of urea groups is 2. The number of nitrogens with one attached hydrogen (secondary N) is 2. The summed E-state index contributed by atoms with van der Waals surface area (Å²) < 4.78 is 28.8. The van der Waals surface area contributed by atoms with Crippen LogP contribution in [0.5, 0.6) is 0 Å². The number of hydrogen-bond acceptors (Lipinski definition) is 7. The quantitative estimate of drug-likeness (QED) is 0.117. The first-order chi connectivity index (χ1) is 19.9. The van der Waals surface area contributed by atoms with E-state index in [-0.39, 0.29) is 24.3 Å². The summed E-state index contributed by atoms with van der Waals surface area (Å²) in [6.07, 6.45) is 7.44. The molecule has 2 N–H and O–H groups in total. The van der Waals surface area contributed by atoms with Crippen LogP contribution in [0.3, 0.4) is 0 Å². The maximum absolute atomic E-state index is 13.3. The molecule has 2 heterocycles. The van der Waals surface area contributed by atoms with Crippen LogP contribution < -0.4 is 10.6 Å². The molecule has 1 aliphatic carbocycles. The highest BCUT2D eigenvalue weighted by molar-refractivity contribution is 6.60. The van der Waals surface area contributed by atoms with Crippen molar-refractivity contribution in [3.05, 3.63) is 0 Å². The lowest BCUT2D eigenvalue weighted by Crippen LogP contribution is -2.48. The first-order valence-corrected chi connectivity index (χ1v) is 18.1. The van der Waals surface area contributed by atoms with E-state index in [1.54, 1.807) is 0 Å². The second kappa shape index (κ2) is 18.3. The topological polar surface area (TPSA) is 117 Å². The number of epoxide rings is 2. The fourth-order valence-corrected chi connectivity index (χ4v) is 8.39. The van der Waals surface area contributed by atoms with Crippen LogP contribution in [0.15, 0.2) is 0 Å². The second-order valence-corrected chi connectivity index (χ2v) is 14.3. The number of carbonyl (C=O) groups excluding carboxylic acids is 2. The minimum Gasteiger partial charge on any atom is -0.374 e. The van der Waals surface area contributed by atoms with Crippen LogP contribution in [0.25, 0.3) is 0 Å². The van der Waals surface area contributed by atoms with E-state index in [1.807, 2.05) is 30.6 Å². The molecule has 0 aromatic heterocycles. The van der Waals surface area contributed by atoms with Crippen molar-refractivity contribution in [3.63, 3.8) is 0 Å². The summed E-state index contributed by atoms with van der Waals surface area (Å²) in [4.78, 5) is 30.1. The molecular weight excluding hydrogens is 544 g/mol. The SMILES string of the molecule is CCCCNC(=O)N(CC1CCCC(CN(CC2CO2)C(=O)NCCC[Si](OCC)(OCC)OCC)C1)CC1CO1.